The minimum Gasteiger partial charge on any atom is -0.486 e. The lowest BCUT2D eigenvalue weighted by Crippen LogP contribution is -2.20. The Hall–Kier alpha value is -0.740. The van der Waals surface area contributed by atoms with Gasteiger partial charge in [0.15, 0.2) is 11.5 Å². The molecular weight excluding hydrogens is 320 g/mol. The molecule has 0 bridgehead atoms. The van der Waals surface area contributed by atoms with Gasteiger partial charge in [-0.15, -0.1) is 0 Å². The molecule has 20 heavy (non-hydrogen) atoms. The van der Waals surface area contributed by atoms with Crippen LogP contribution in [-0.2, 0) is 0 Å². The highest BCUT2D eigenvalue weighted by atomic mass is 79.9. The number of hydrogen-bond donors (Lipinski definition) is 1. The van der Waals surface area contributed by atoms with E-state index in [2.05, 4.69) is 43.6 Å². The van der Waals surface area contributed by atoms with E-state index in [1.807, 2.05) is 12.1 Å². The highest BCUT2D eigenvalue weighted by Crippen LogP contribution is 2.40. The molecule has 1 aliphatic rings. The zero-order chi connectivity index (χ0) is 14.9. The molecule has 4 heteroatoms. The van der Waals surface area contributed by atoms with E-state index in [0.29, 0.717) is 19.1 Å². The summed E-state index contributed by atoms with van der Waals surface area (Å²) in [5, 5.41) is 10.5. The molecule has 1 aromatic rings. The molecule has 1 heterocycles. The van der Waals surface area contributed by atoms with Crippen LogP contribution in [0.3, 0.4) is 0 Å². The molecule has 0 spiro atoms. The fourth-order valence-corrected chi connectivity index (χ4v) is 2.74. The fraction of sp³-hybridized carbons (Fsp3) is 0.625. The molecule has 1 N–H and O–H groups in total. The summed E-state index contributed by atoms with van der Waals surface area (Å²) in [6, 6.07) is 3.77. The summed E-state index contributed by atoms with van der Waals surface area (Å²) in [4.78, 5) is 0. The number of aliphatic hydroxyl groups is 1. The van der Waals surface area contributed by atoms with Crippen LogP contribution in [0.5, 0.6) is 11.5 Å². The molecule has 0 amide bonds. The van der Waals surface area contributed by atoms with E-state index in [1.165, 1.54) is 0 Å². The van der Waals surface area contributed by atoms with Crippen molar-refractivity contribution in [3.63, 3.8) is 0 Å². The number of halogens is 1. The van der Waals surface area contributed by atoms with Crippen molar-refractivity contribution < 1.29 is 14.6 Å². The molecule has 0 aliphatic carbocycles. The molecule has 2 atom stereocenters. The van der Waals surface area contributed by atoms with Gasteiger partial charge < -0.3 is 14.6 Å². The number of ether oxygens (including phenoxy) is 2. The maximum atomic E-state index is 10.5. The first-order valence-electron chi connectivity index (χ1n) is 7.06. The molecule has 2 rings (SSSR count). The first-order valence-corrected chi connectivity index (χ1v) is 7.85. The zero-order valence-electron chi connectivity index (χ0n) is 12.6. The maximum Gasteiger partial charge on any atom is 0.162 e. The van der Waals surface area contributed by atoms with E-state index in [1.54, 1.807) is 0 Å². The quantitative estimate of drug-likeness (QED) is 0.888. The highest BCUT2D eigenvalue weighted by Gasteiger charge is 2.25. The summed E-state index contributed by atoms with van der Waals surface area (Å²) in [7, 11) is 0. The van der Waals surface area contributed by atoms with Crippen molar-refractivity contribution in [2.75, 3.05) is 13.2 Å². The molecule has 1 aliphatic heterocycles. The van der Waals surface area contributed by atoms with Gasteiger partial charge in [0.05, 0.1) is 6.10 Å². The van der Waals surface area contributed by atoms with Gasteiger partial charge >= 0.3 is 0 Å². The molecule has 0 radical (unpaired) electrons. The summed E-state index contributed by atoms with van der Waals surface area (Å²) in [6.45, 7) is 9.90. The minimum atomic E-state index is -0.505. The SMILES string of the molecule is CC(CC(O)c1cc2c(cc1Br)OCCO2)C(C)(C)C. The van der Waals surface area contributed by atoms with Gasteiger partial charge in [-0.05, 0) is 35.4 Å². The van der Waals surface area contributed by atoms with E-state index in [-0.39, 0.29) is 5.41 Å². The van der Waals surface area contributed by atoms with Crippen LogP contribution >= 0.6 is 15.9 Å². The van der Waals surface area contributed by atoms with E-state index in [4.69, 9.17) is 9.47 Å². The molecule has 0 aromatic heterocycles. The largest absolute Gasteiger partial charge is 0.486 e. The van der Waals surface area contributed by atoms with Gasteiger partial charge in [-0.1, -0.05) is 43.6 Å². The second-order valence-electron chi connectivity index (χ2n) is 6.54. The Morgan fingerprint density at radius 3 is 2.30 bits per heavy atom. The molecule has 0 fully saturated rings. The van der Waals surface area contributed by atoms with E-state index in [9.17, 15) is 5.11 Å². The van der Waals surface area contributed by atoms with Crippen LogP contribution in [0.2, 0.25) is 0 Å². The van der Waals surface area contributed by atoms with Crippen LogP contribution in [0.1, 0.15) is 45.8 Å². The number of fused-ring (bicyclic) bond motifs is 1. The third-order valence-corrected chi connectivity index (χ3v) is 4.76. The van der Waals surface area contributed by atoms with E-state index in [0.717, 1.165) is 28.0 Å². The molecule has 3 nitrogen and oxygen atoms in total. The van der Waals surface area contributed by atoms with Crippen molar-refractivity contribution in [1.29, 1.82) is 0 Å². The first kappa shape index (κ1) is 15.6. The zero-order valence-corrected chi connectivity index (χ0v) is 14.2. The number of hydrogen-bond acceptors (Lipinski definition) is 3. The Labute approximate surface area is 129 Å². The second-order valence-corrected chi connectivity index (χ2v) is 7.39. The fourth-order valence-electron chi connectivity index (χ4n) is 2.15. The molecule has 0 saturated heterocycles. The normalized spacial score (nSPS) is 17.7. The van der Waals surface area contributed by atoms with Gasteiger partial charge in [-0.3, -0.25) is 0 Å². The Balaban J connectivity index is 2.19. The lowest BCUT2D eigenvalue weighted by molar-refractivity contribution is 0.109. The van der Waals surface area contributed by atoms with Crippen molar-refractivity contribution in [3.8, 4) is 11.5 Å². The minimum absolute atomic E-state index is 0.182. The van der Waals surface area contributed by atoms with Gasteiger partial charge in [0.25, 0.3) is 0 Å². The average molecular weight is 343 g/mol. The van der Waals surface area contributed by atoms with Gasteiger partial charge in [0.2, 0.25) is 0 Å². The lowest BCUT2D eigenvalue weighted by atomic mass is 9.78. The molecule has 2 unspecified atom stereocenters. The number of aliphatic hydroxyl groups excluding tert-OH is 1. The summed E-state index contributed by atoms with van der Waals surface area (Å²) in [5.74, 6) is 1.87. The number of benzene rings is 1. The Bertz CT molecular complexity index is 479. The summed E-state index contributed by atoms with van der Waals surface area (Å²) < 4.78 is 12.0. The van der Waals surface area contributed by atoms with Crippen LogP contribution in [0.4, 0.5) is 0 Å². The molecule has 1 aromatic carbocycles. The third kappa shape index (κ3) is 3.47. The predicted molar refractivity (Wildman–Crippen MR) is 83.3 cm³/mol. The Morgan fingerprint density at radius 1 is 1.20 bits per heavy atom. The van der Waals surface area contributed by atoms with Crippen molar-refractivity contribution in [2.24, 2.45) is 11.3 Å². The van der Waals surface area contributed by atoms with Crippen LogP contribution < -0.4 is 9.47 Å². The standard InChI is InChI=1S/C16H23BrO3/c1-10(16(2,3)4)7-13(18)11-8-14-15(9-12(11)17)20-6-5-19-14/h8-10,13,18H,5-7H2,1-4H3. The van der Waals surface area contributed by atoms with Crippen molar-refractivity contribution in [2.45, 2.75) is 40.2 Å². The van der Waals surface area contributed by atoms with Gasteiger partial charge in [-0.25, -0.2) is 0 Å². The maximum absolute atomic E-state index is 10.5. The monoisotopic (exact) mass is 342 g/mol. The highest BCUT2D eigenvalue weighted by molar-refractivity contribution is 9.10. The lowest BCUT2D eigenvalue weighted by Gasteiger charge is -2.30. The summed E-state index contributed by atoms with van der Waals surface area (Å²) in [6.07, 6.45) is 0.219. The number of rotatable bonds is 3. The smallest absolute Gasteiger partial charge is 0.162 e. The van der Waals surface area contributed by atoms with Crippen molar-refractivity contribution >= 4 is 15.9 Å². The molecule has 0 saturated carbocycles. The van der Waals surface area contributed by atoms with Crippen LogP contribution in [0, 0.1) is 11.3 Å². The Kier molecular flexibility index (Phi) is 4.65. The summed E-state index contributed by atoms with van der Waals surface area (Å²) >= 11 is 3.52. The first-order chi connectivity index (χ1) is 9.29. The van der Waals surface area contributed by atoms with E-state index >= 15 is 0 Å². The van der Waals surface area contributed by atoms with Crippen LogP contribution in [0.25, 0.3) is 0 Å². The van der Waals surface area contributed by atoms with Crippen molar-refractivity contribution in [1.82, 2.24) is 0 Å². The van der Waals surface area contributed by atoms with Crippen molar-refractivity contribution in [3.05, 3.63) is 22.2 Å². The van der Waals surface area contributed by atoms with E-state index < -0.39 is 6.10 Å². The molecule has 112 valence electrons. The predicted octanol–water partition coefficient (Wildman–Crippen LogP) is 4.33. The van der Waals surface area contributed by atoms with Crippen LogP contribution in [0.15, 0.2) is 16.6 Å². The van der Waals surface area contributed by atoms with Crippen LogP contribution in [-0.4, -0.2) is 18.3 Å². The van der Waals surface area contributed by atoms with Gasteiger partial charge in [0.1, 0.15) is 13.2 Å². The topological polar surface area (TPSA) is 38.7 Å². The van der Waals surface area contributed by atoms with Gasteiger partial charge in [0, 0.05) is 4.47 Å². The average Bonchev–Trinajstić information content (AvgIpc) is 2.36. The molecular formula is C16H23BrO3. The third-order valence-electron chi connectivity index (χ3n) is 4.08. The van der Waals surface area contributed by atoms with Gasteiger partial charge in [-0.2, -0.15) is 0 Å². The summed E-state index contributed by atoms with van der Waals surface area (Å²) in [5.41, 5.74) is 1.05. The Morgan fingerprint density at radius 2 is 1.75 bits per heavy atom. The second kappa shape index (κ2) is 5.94.